The summed E-state index contributed by atoms with van der Waals surface area (Å²) >= 11 is 6.36. The minimum Gasteiger partial charge on any atom is -0.497 e. The van der Waals surface area contributed by atoms with Crippen molar-refractivity contribution in [3.8, 4) is 17.2 Å². The van der Waals surface area contributed by atoms with Crippen molar-refractivity contribution >= 4 is 39.2 Å². The Morgan fingerprint density at radius 3 is 2.69 bits per heavy atom. The number of hydrogen-bond donors (Lipinski definition) is 0. The van der Waals surface area contributed by atoms with Crippen LogP contribution in [-0.4, -0.2) is 22.2 Å². The molecular formula is C21H14ClN3O4. The van der Waals surface area contributed by atoms with E-state index in [1.165, 1.54) is 12.1 Å². The zero-order valence-electron chi connectivity index (χ0n) is 15.2. The van der Waals surface area contributed by atoms with Crippen LogP contribution in [0.25, 0.3) is 33.3 Å². The lowest BCUT2D eigenvalue weighted by molar-refractivity contribution is -0.384. The summed E-state index contributed by atoms with van der Waals surface area (Å²) in [7, 11) is 1.63. The summed E-state index contributed by atoms with van der Waals surface area (Å²) in [5.74, 6) is 1.07. The third kappa shape index (κ3) is 3.95. The molecule has 0 fully saturated rings. The number of non-ortho nitro benzene ring substituents is 1. The van der Waals surface area contributed by atoms with E-state index in [1.807, 2.05) is 36.4 Å². The molecule has 4 aromatic rings. The largest absolute Gasteiger partial charge is 0.497 e. The monoisotopic (exact) mass is 407 g/mol. The number of hydrogen-bond acceptors (Lipinski definition) is 6. The molecule has 1 aromatic heterocycles. The summed E-state index contributed by atoms with van der Waals surface area (Å²) in [6.45, 7) is 0. The van der Waals surface area contributed by atoms with E-state index in [0.717, 1.165) is 22.1 Å². The molecule has 0 bridgehead atoms. The predicted octanol–water partition coefficient (Wildman–Crippen LogP) is 5.54. The number of nitro groups is 1. The first-order chi connectivity index (χ1) is 14.0. The Hall–Kier alpha value is -3.71. The van der Waals surface area contributed by atoms with E-state index in [1.54, 1.807) is 25.3 Å². The molecule has 0 spiro atoms. The standard InChI is InChI=1S/C21H14ClN3O4/c1-28-18-8-7-14-9-13(5-6-15(14)12-18)10-19(22)21-24-23-20(29-21)16-3-2-4-17(11-16)25(26)27/h2-12H,1H3/b19-10-. The molecule has 0 aliphatic carbocycles. The number of halogens is 1. The number of methoxy groups -OCH3 is 1. The molecule has 144 valence electrons. The molecule has 0 amide bonds. The Morgan fingerprint density at radius 2 is 1.90 bits per heavy atom. The number of aromatic nitrogens is 2. The second-order valence-corrected chi connectivity index (χ2v) is 6.59. The van der Waals surface area contributed by atoms with Gasteiger partial charge in [-0.05, 0) is 46.7 Å². The molecule has 0 aliphatic heterocycles. The van der Waals surface area contributed by atoms with E-state index < -0.39 is 4.92 Å². The lowest BCUT2D eigenvalue weighted by Crippen LogP contribution is -1.88. The highest BCUT2D eigenvalue weighted by molar-refractivity contribution is 6.50. The maximum atomic E-state index is 10.9. The van der Waals surface area contributed by atoms with Crippen molar-refractivity contribution in [1.29, 1.82) is 0 Å². The maximum Gasteiger partial charge on any atom is 0.270 e. The van der Waals surface area contributed by atoms with Crippen LogP contribution in [0.5, 0.6) is 5.75 Å². The average molecular weight is 408 g/mol. The molecular weight excluding hydrogens is 394 g/mol. The number of rotatable bonds is 5. The quantitative estimate of drug-likeness (QED) is 0.318. The van der Waals surface area contributed by atoms with E-state index in [9.17, 15) is 10.1 Å². The summed E-state index contributed by atoms with van der Waals surface area (Å²) in [5, 5.41) is 21.2. The average Bonchev–Trinajstić information content (AvgIpc) is 3.24. The van der Waals surface area contributed by atoms with E-state index in [-0.39, 0.29) is 22.5 Å². The first-order valence-electron chi connectivity index (χ1n) is 8.57. The first-order valence-corrected chi connectivity index (χ1v) is 8.95. The molecule has 0 atom stereocenters. The smallest absolute Gasteiger partial charge is 0.270 e. The third-order valence-electron chi connectivity index (χ3n) is 4.30. The lowest BCUT2D eigenvalue weighted by Gasteiger charge is -2.03. The van der Waals surface area contributed by atoms with Gasteiger partial charge >= 0.3 is 0 Å². The van der Waals surface area contributed by atoms with Crippen molar-refractivity contribution < 1.29 is 14.1 Å². The summed E-state index contributed by atoms with van der Waals surface area (Å²) < 4.78 is 10.8. The minimum atomic E-state index is -0.483. The highest BCUT2D eigenvalue weighted by Gasteiger charge is 2.14. The van der Waals surface area contributed by atoms with Crippen LogP contribution in [0.4, 0.5) is 5.69 Å². The Kier molecular flexibility index (Phi) is 4.97. The van der Waals surface area contributed by atoms with Gasteiger partial charge in [-0.2, -0.15) is 0 Å². The van der Waals surface area contributed by atoms with Crippen molar-refractivity contribution in [2.45, 2.75) is 0 Å². The SMILES string of the molecule is COc1ccc2cc(/C=C(\Cl)c3nnc(-c4cccc([N+](=O)[O-])c4)o3)ccc2c1. The van der Waals surface area contributed by atoms with Gasteiger partial charge in [0.1, 0.15) is 10.8 Å². The molecule has 0 unspecified atom stereocenters. The van der Waals surface area contributed by atoms with Gasteiger partial charge in [-0.15, -0.1) is 10.2 Å². The topological polar surface area (TPSA) is 91.3 Å². The summed E-state index contributed by atoms with van der Waals surface area (Å²) in [4.78, 5) is 10.4. The van der Waals surface area contributed by atoms with Crippen molar-refractivity contribution in [2.75, 3.05) is 7.11 Å². The molecule has 0 saturated carbocycles. The van der Waals surface area contributed by atoms with E-state index >= 15 is 0 Å². The van der Waals surface area contributed by atoms with E-state index in [0.29, 0.717) is 5.56 Å². The van der Waals surface area contributed by atoms with E-state index in [4.69, 9.17) is 20.8 Å². The highest BCUT2D eigenvalue weighted by atomic mass is 35.5. The second-order valence-electron chi connectivity index (χ2n) is 6.18. The normalized spacial score (nSPS) is 11.6. The molecule has 1 heterocycles. The van der Waals surface area contributed by atoms with Crippen LogP contribution in [0.2, 0.25) is 0 Å². The second kappa shape index (κ2) is 7.73. The fourth-order valence-corrected chi connectivity index (χ4v) is 3.06. The van der Waals surface area contributed by atoms with Gasteiger partial charge < -0.3 is 9.15 Å². The summed E-state index contributed by atoms with van der Waals surface area (Å²) in [6.07, 6.45) is 1.72. The van der Waals surface area contributed by atoms with Gasteiger partial charge in [0.05, 0.1) is 12.0 Å². The van der Waals surface area contributed by atoms with Gasteiger partial charge in [-0.25, -0.2) is 0 Å². The molecule has 29 heavy (non-hydrogen) atoms. The van der Waals surface area contributed by atoms with Crippen LogP contribution in [0.15, 0.2) is 65.1 Å². The molecule has 7 nitrogen and oxygen atoms in total. The van der Waals surface area contributed by atoms with Gasteiger partial charge in [-0.1, -0.05) is 35.9 Å². The molecule has 0 radical (unpaired) electrons. The van der Waals surface area contributed by atoms with Crippen LogP contribution in [-0.2, 0) is 0 Å². The zero-order valence-corrected chi connectivity index (χ0v) is 16.0. The Labute approximate surface area is 170 Å². The minimum absolute atomic E-state index is 0.0586. The number of nitrogens with zero attached hydrogens (tertiary/aromatic N) is 3. The number of nitro benzene ring substituents is 1. The van der Waals surface area contributed by atoms with Crippen molar-refractivity contribution in [1.82, 2.24) is 10.2 Å². The van der Waals surface area contributed by atoms with Crippen LogP contribution in [0.1, 0.15) is 11.5 Å². The van der Waals surface area contributed by atoms with Crippen molar-refractivity contribution in [3.63, 3.8) is 0 Å². The first kappa shape index (κ1) is 18.6. The zero-order chi connectivity index (χ0) is 20.4. The van der Waals surface area contributed by atoms with Crippen molar-refractivity contribution in [2.24, 2.45) is 0 Å². The van der Waals surface area contributed by atoms with Gasteiger partial charge in [0.25, 0.3) is 11.6 Å². The molecule has 0 N–H and O–H groups in total. The fourth-order valence-electron chi connectivity index (χ4n) is 2.86. The number of ether oxygens (including phenoxy) is 1. The molecule has 0 aliphatic rings. The van der Waals surface area contributed by atoms with Gasteiger partial charge in [0, 0.05) is 17.7 Å². The van der Waals surface area contributed by atoms with Gasteiger partial charge in [-0.3, -0.25) is 10.1 Å². The fraction of sp³-hybridized carbons (Fsp3) is 0.0476. The van der Waals surface area contributed by atoms with Gasteiger partial charge in [0.2, 0.25) is 5.89 Å². The maximum absolute atomic E-state index is 10.9. The van der Waals surface area contributed by atoms with Crippen LogP contribution in [0, 0.1) is 10.1 Å². The molecule has 3 aromatic carbocycles. The van der Waals surface area contributed by atoms with Crippen molar-refractivity contribution in [3.05, 3.63) is 82.2 Å². The van der Waals surface area contributed by atoms with Crippen LogP contribution < -0.4 is 4.74 Å². The summed E-state index contributed by atoms with van der Waals surface area (Å²) in [6, 6.07) is 17.6. The lowest BCUT2D eigenvalue weighted by atomic mass is 10.1. The predicted molar refractivity (Wildman–Crippen MR) is 111 cm³/mol. The highest BCUT2D eigenvalue weighted by Crippen LogP contribution is 2.28. The number of fused-ring (bicyclic) bond motifs is 1. The van der Waals surface area contributed by atoms with Crippen LogP contribution in [0.3, 0.4) is 0 Å². The Balaban J connectivity index is 1.62. The van der Waals surface area contributed by atoms with E-state index in [2.05, 4.69) is 10.2 Å². The third-order valence-corrected chi connectivity index (χ3v) is 4.57. The Morgan fingerprint density at radius 1 is 1.10 bits per heavy atom. The molecule has 0 saturated heterocycles. The Bertz CT molecular complexity index is 1250. The molecule has 8 heteroatoms. The van der Waals surface area contributed by atoms with Gasteiger partial charge in [0.15, 0.2) is 0 Å². The number of benzene rings is 3. The van der Waals surface area contributed by atoms with Crippen LogP contribution >= 0.6 is 11.6 Å². The summed E-state index contributed by atoms with van der Waals surface area (Å²) in [5.41, 5.74) is 1.25. The molecule has 4 rings (SSSR count).